The van der Waals surface area contributed by atoms with Crippen LogP contribution in [-0.2, 0) is 6.54 Å². The van der Waals surface area contributed by atoms with Crippen LogP contribution in [-0.4, -0.2) is 41.0 Å². The molecular formula is C27H22ClFN4O4. The average Bonchev–Trinajstić information content (AvgIpc) is 3.04. The summed E-state index contributed by atoms with van der Waals surface area (Å²) in [7, 11) is 2.90. The van der Waals surface area contributed by atoms with E-state index in [0.717, 1.165) is 11.3 Å². The zero-order chi connectivity index (χ0) is 26.1. The lowest BCUT2D eigenvalue weighted by Crippen LogP contribution is -2.24. The normalized spacial score (nSPS) is 18.1. The predicted molar refractivity (Wildman–Crippen MR) is 138 cm³/mol. The predicted octanol–water partition coefficient (Wildman–Crippen LogP) is 5.47. The largest absolute Gasteiger partial charge is 0.496 e. The number of anilines is 2. The van der Waals surface area contributed by atoms with Gasteiger partial charge in [0.1, 0.15) is 22.9 Å². The van der Waals surface area contributed by atoms with E-state index < -0.39 is 11.8 Å². The molecule has 1 aliphatic carbocycles. The van der Waals surface area contributed by atoms with Crippen molar-refractivity contribution in [1.82, 2.24) is 9.97 Å². The van der Waals surface area contributed by atoms with Crippen LogP contribution in [0.1, 0.15) is 33.1 Å². The number of rotatable bonds is 6. The highest BCUT2D eigenvalue weighted by atomic mass is 35.5. The van der Waals surface area contributed by atoms with Crippen LogP contribution in [0.25, 0.3) is 0 Å². The third-order valence-corrected chi connectivity index (χ3v) is 6.53. The van der Waals surface area contributed by atoms with Gasteiger partial charge in [-0.15, -0.1) is 0 Å². The van der Waals surface area contributed by atoms with E-state index in [1.807, 2.05) is 12.2 Å². The molecule has 2 atom stereocenters. The second-order valence-corrected chi connectivity index (χ2v) is 8.87. The van der Waals surface area contributed by atoms with Gasteiger partial charge in [0.05, 0.1) is 37.7 Å². The fourth-order valence-electron chi connectivity index (χ4n) is 4.57. The van der Waals surface area contributed by atoms with Crippen molar-refractivity contribution in [2.24, 2.45) is 10.9 Å². The molecular weight excluding hydrogens is 499 g/mol. The quantitative estimate of drug-likeness (QED) is 0.444. The van der Waals surface area contributed by atoms with Crippen molar-refractivity contribution < 1.29 is 23.8 Å². The number of fused-ring (bicyclic) bond motifs is 3. The van der Waals surface area contributed by atoms with Crippen LogP contribution in [0.3, 0.4) is 0 Å². The molecule has 2 heterocycles. The highest BCUT2D eigenvalue weighted by Gasteiger charge is 2.35. The van der Waals surface area contributed by atoms with Gasteiger partial charge in [-0.25, -0.2) is 19.2 Å². The van der Waals surface area contributed by atoms with Gasteiger partial charge in [-0.3, -0.25) is 4.99 Å². The molecule has 5 rings (SSSR count). The second-order valence-electron chi connectivity index (χ2n) is 8.43. The number of aromatic nitrogens is 2. The van der Waals surface area contributed by atoms with Crippen LogP contribution in [0.5, 0.6) is 11.5 Å². The first kappa shape index (κ1) is 24.5. The number of ether oxygens (including phenoxy) is 2. The molecule has 188 valence electrons. The molecule has 0 bridgehead atoms. The molecule has 0 radical (unpaired) electrons. The molecule has 0 fully saturated rings. The van der Waals surface area contributed by atoms with Gasteiger partial charge in [0, 0.05) is 40.4 Å². The van der Waals surface area contributed by atoms with Crippen LogP contribution in [0, 0.1) is 11.7 Å². The molecule has 2 unspecified atom stereocenters. The Balaban J connectivity index is 1.54. The van der Waals surface area contributed by atoms with E-state index in [-0.39, 0.29) is 29.7 Å². The van der Waals surface area contributed by atoms with E-state index in [1.165, 1.54) is 26.4 Å². The Labute approximate surface area is 217 Å². The minimum atomic E-state index is -1.09. The molecule has 3 aromatic rings. The lowest BCUT2D eigenvalue weighted by atomic mass is 9.79. The minimum absolute atomic E-state index is 0.0444. The lowest BCUT2D eigenvalue weighted by Gasteiger charge is -2.26. The van der Waals surface area contributed by atoms with Gasteiger partial charge in [-0.2, -0.15) is 0 Å². The van der Waals surface area contributed by atoms with Gasteiger partial charge < -0.3 is 19.9 Å². The maximum atomic E-state index is 15.1. The summed E-state index contributed by atoms with van der Waals surface area (Å²) in [5.41, 5.74) is 2.93. The maximum absolute atomic E-state index is 15.1. The minimum Gasteiger partial charge on any atom is -0.496 e. The Bertz CT molecular complexity index is 1490. The number of hydrogen-bond acceptors (Lipinski definition) is 7. The number of hydrogen-bond donors (Lipinski definition) is 2. The molecule has 0 saturated carbocycles. The van der Waals surface area contributed by atoms with Gasteiger partial charge in [-0.05, 0) is 30.3 Å². The second kappa shape index (κ2) is 10.0. The summed E-state index contributed by atoms with van der Waals surface area (Å²) < 4.78 is 25.7. The van der Waals surface area contributed by atoms with Crippen LogP contribution in [0.2, 0.25) is 0 Å². The standard InChI is InChI=1S/C27H22ClFN4O4/c1-36-21-5-3-4-20(29)23(21)25-19-10-15(28)6-8-17(19)24-14(12-30-25)13-31-27(33-24)32-16-7-9-18(26(34)35)22(11-16)37-2/h3-11,13,17,19H,12H2,1-2H3,(H,34,35)(H,31,32,33). The molecule has 1 aromatic heterocycles. The van der Waals surface area contributed by atoms with Crippen molar-refractivity contribution >= 4 is 34.9 Å². The Hall–Kier alpha value is -4.24. The summed E-state index contributed by atoms with van der Waals surface area (Å²) in [6, 6.07) is 9.29. The third kappa shape index (κ3) is 4.65. The van der Waals surface area contributed by atoms with E-state index in [1.54, 1.807) is 36.5 Å². The lowest BCUT2D eigenvalue weighted by molar-refractivity contribution is 0.0693. The van der Waals surface area contributed by atoms with Crippen LogP contribution >= 0.6 is 11.6 Å². The van der Waals surface area contributed by atoms with Gasteiger partial charge in [0.25, 0.3) is 0 Å². The van der Waals surface area contributed by atoms with Crippen molar-refractivity contribution in [1.29, 1.82) is 0 Å². The Kier molecular flexibility index (Phi) is 6.62. The number of carbonyl (C=O) groups is 1. The van der Waals surface area contributed by atoms with Gasteiger partial charge in [0.2, 0.25) is 5.95 Å². The molecule has 37 heavy (non-hydrogen) atoms. The summed E-state index contributed by atoms with van der Waals surface area (Å²) in [6.45, 7) is 0.246. The highest BCUT2D eigenvalue weighted by Crippen LogP contribution is 2.41. The Morgan fingerprint density at radius 2 is 1.97 bits per heavy atom. The first-order valence-electron chi connectivity index (χ1n) is 11.4. The van der Waals surface area contributed by atoms with Crippen molar-refractivity contribution in [3.05, 3.63) is 94.1 Å². The molecule has 2 aromatic carbocycles. The van der Waals surface area contributed by atoms with Gasteiger partial charge in [-0.1, -0.05) is 29.8 Å². The van der Waals surface area contributed by atoms with E-state index in [9.17, 15) is 9.90 Å². The highest BCUT2D eigenvalue weighted by molar-refractivity contribution is 6.31. The molecule has 0 amide bonds. The number of nitrogens with zero attached hydrogens (tertiary/aromatic N) is 3. The fourth-order valence-corrected chi connectivity index (χ4v) is 4.77. The topological polar surface area (TPSA) is 106 Å². The number of allylic oxidation sites excluding steroid dienone is 4. The Morgan fingerprint density at radius 3 is 2.73 bits per heavy atom. The molecule has 2 aliphatic rings. The van der Waals surface area contributed by atoms with E-state index >= 15 is 4.39 Å². The van der Waals surface area contributed by atoms with Crippen molar-refractivity contribution in [2.45, 2.75) is 12.5 Å². The molecule has 8 nitrogen and oxygen atoms in total. The molecule has 1 aliphatic heterocycles. The number of aromatic carboxylic acids is 1. The number of halogens is 2. The van der Waals surface area contributed by atoms with E-state index in [2.05, 4.69) is 10.3 Å². The number of methoxy groups -OCH3 is 2. The first-order chi connectivity index (χ1) is 17.9. The smallest absolute Gasteiger partial charge is 0.339 e. The van der Waals surface area contributed by atoms with Gasteiger partial charge >= 0.3 is 5.97 Å². The van der Waals surface area contributed by atoms with E-state index in [0.29, 0.717) is 33.7 Å². The van der Waals surface area contributed by atoms with Crippen molar-refractivity contribution in [2.75, 3.05) is 19.5 Å². The molecule has 0 saturated heterocycles. The van der Waals surface area contributed by atoms with E-state index in [4.69, 9.17) is 31.1 Å². The van der Waals surface area contributed by atoms with Crippen LogP contribution in [0.4, 0.5) is 16.0 Å². The van der Waals surface area contributed by atoms with Gasteiger partial charge in [0.15, 0.2) is 0 Å². The number of benzene rings is 2. The summed E-state index contributed by atoms with van der Waals surface area (Å²) in [5.74, 6) is -1.29. The summed E-state index contributed by atoms with van der Waals surface area (Å²) in [6.07, 6.45) is 7.25. The number of nitrogens with one attached hydrogen (secondary N) is 1. The van der Waals surface area contributed by atoms with Crippen LogP contribution < -0.4 is 14.8 Å². The van der Waals surface area contributed by atoms with Crippen molar-refractivity contribution in [3.63, 3.8) is 0 Å². The number of aliphatic imine (C=N–C) groups is 1. The number of carboxylic acid groups (broad SMARTS) is 1. The SMILES string of the molecule is COc1cc(Nc2ncc3c(n2)C2C=CC(Cl)=CC2C(c2c(F)cccc2OC)=NC3)ccc1C(=O)O. The third-order valence-electron chi connectivity index (χ3n) is 6.28. The average molecular weight is 521 g/mol. The van der Waals surface area contributed by atoms with Crippen molar-refractivity contribution in [3.8, 4) is 11.5 Å². The summed E-state index contributed by atoms with van der Waals surface area (Å²) in [4.78, 5) is 25.4. The molecule has 10 heteroatoms. The molecule has 2 N–H and O–H groups in total. The summed E-state index contributed by atoms with van der Waals surface area (Å²) in [5, 5.41) is 13.0. The monoisotopic (exact) mass is 520 g/mol. The fraction of sp³-hybridized carbons (Fsp3) is 0.185. The first-order valence-corrected chi connectivity index (χ1v) is 11.7. The molecule has 0 spiro atoms. The zero-order valence-corrected chi connectivity index (χ0v) is 20.7. The summed E-state index contributed by atoms with van der Waals surface area (Å²) >= 11 is 6.38. The maximum Gasteiger partial charge on any atom is 0.339 e. The van der Waals surface area contributed by atoms with Crippen LogP contribution in [0.15, 0.2) is 70.8 Å². The Morgan fingerprint density at radius 1 is 1.16 bits per heavy atom. The zero-order valence-electron chi connectivity index (χ0n) is 19.9. The number of carboxylic acids is 1.